The van der Waals surface area contributed by atoms with E-state index in [0.29, 0.717) is 12.2 Å². The molecule has 1 aromatic heterocycles. The van der Waals surface area contributed by atoms with Crippen LogP contribution in [0, 0.1) is 6.92 Å². The highest BCUT2D eigenvalue weighted by Gasteiger charge is 2.31. The lowest BCUT2D eigenvalue weighted by atomic mass is 9.95. The van der Waals surface area contributed by atoms with Gasteiger partial charge in [0.25, 0.3) is 5.56 Å². The van der Waals surface area contributed by atoms with E-state index in [1.807, 2.05) is 6.92 Å². The number of hydrogen-bond donors (Lipinski definition) is 3. The average Bonchev–Trinajstić information content (AvgIpc) is 2.88. The quantitative estimate of drug-likeness (QED) is 0.302. The Morgan fingerprint density at radius 1 is 1.14 bits per heavy atom. The summed E-state index contributed by atoms with van der Waals surface area (Å²) in [5.41, 5.74) is 5.95. The molecule has 0 bridgehead atoms. The summed E-state index contributed by atoms with van der Waals surface area (Å²) in [5.74, 6) is -0.409. The van der Waals surface area contributed by atoms with E-state index in [0.717, 1.165) is 36.7 Å². The standard InChI is InChI=1S/C24H35N5O6S/c1-3-29(19-7-5-4-6-8-19)36(33,34)20-11-9-18(10-12-20)26-27-22-17(2)21(25)23(31)28(24(22)32)13-15-35-16-14-30/h9-12,19,30,32H,3-8,13-16,25H2,1-2H3/b27-26+. The van der Waals surface area contributed by atoms with Gasteiger partial charge in [-0.3, -0.25) is 9.36 Å². The molecule has 198 valence electrons. The number of azo groups is 1. The van der Waals surface area contributed by atoms with E-state index in [9.17, 15) is 18.3 Å². The molecule has 1 aliphatic rings. The van der Waals surface area contributed by atoms with Crippen LogP contribution in [-0.4, -0.2) is 59.9 Å². The van der Waals surface area contributed by atoms with Gasteiger partial charge in [-0.05, 0) is 44.0 Å². The third kappa shape index (κ3) is 6.12. The Morgan fingerprint density at radius 3 is 2.42 bits per heavy atom. The maximum Gasteiger partial charge on any atom is 0.276 e. The van der Waals surface area contributed by atoms with E-state index in [1.165, 1.54) is 12.1 Å². The van der Waals surface area contributed by atoms with E-state index in [2.05, 4.69) is 10.2 Å². The molecule has 11 nitrogen and oxygen atoms in total. The first-order chi connectivity index (χ1) is 17.2. The van der Waals surface area contributed by atoms with Gasteiger partial charge in [-0.2, -0.15) is 9.42 Å². The Morgan fingerprint density at radius 2 is 1.81 bits per heavy atom. The number of pyridine rings is 1. The Labute approximate surface area is 211 Å². The molecule has 3 rings (SSSR count). The van der Waals surface area contributed by atoms with E-state index >= 15 is 0 Å². The largest absolute Gasteiger partial charge is 0.493 e. The summed E-state index contributed by atoms with van der Waals surface area (Å²) in [7, 11) is -3.64. The van der Waals surface area contributed by atoms with Crippen molar-refractivity contribution < 1.29 is 23.4 Å². The molecule has 4 N–H and O–H groups in total. The number of benzene rings is 1. The van der Waals surface area contributed by atoms with E-state index in [4.69, 9.17) is 15.6 Å². The second-order valence-corrected chi connectivity index (χ2v) is 10.6. The fourth-order valence-electron chi connectivity index (χ4n) is 4.40. The predicted octanol–water partition coefficient (Wildman–Crippen LogP) is 3.21. The van der Waals surface area contributed by atoms with Crippen LogP contribution < -0.4 is 11.3 Å². The van der Waals surface area contributed by atoms with Gasteiger partial charge in [0.1, 0.15) is 5.69 Å². The molecule has 1 aromatic carbocycles. The van der Waals surface area contributed by atoms with Gasteiger partial charge in [-0.25, -0.2) is 8.42 Å². The van der Waals surface area contributed by atoms with Crippen LogP contribution in [0.15, 0.2) is 44.2 Å². The highest BCUT2D eigenvalue weighted by Crippen LogP contribution is 2.34. The zero-order valence-electron chi connectivity index (χ0n) is 20.8. The maximum absolute atomic E-state index is 13.2. The zero-order valence-corrected chi connectivity index (χ0v) is 21.6. The van der Waals surface area contributed by atoms with Crippen molar-refractivity contribution in [2.45, 2.75) is 63.4 Å². The van der Waals surface area contributed by atoms with Crippen molar-refractivity contribution in [3.8, 4) is 5.88 Å². The third-order valence-corrected chi connectivity index (χ3v) is 8.44. The van der Waals surface area contributed by atoms with Gasteiger partial charge in [0, 0.05) is 18.2 Å². The minimum Gasteiger partial charge on any atom is -0.493 e. The van der Waals surface area contributed by atoms with Crippen LogP contribution in [-0.2, 0) is 21.3 Å². The van der Waals surface area contributed by atoms with Crippen LogP contribution in [0.3, 0.4) is 0 Å². The fraction of sp³-hybridized carbons (Fsp3) is 0.542. The third-order valence-electron chi connectivity index (χ3n) is 6.40. The summed E-state index contributed by atoms with van der Waals surface area (Å²) in [6.07, 6.45) is 4.97. The molecule has 0 saturated heterocycles. The minimum absolute atomic E-state index is 0.0130. The topological polar surface area (TPSA) is 160 Å². The van der Waals surface area contributed by atoms with E-state index in [1.54, 1.807) is 23.4 Å². The lowest BCUT2D eigenvalue weighted by molar-refractivity contribution is 0.0854. The minimum atomic E-state index is -3.64. The van der Waals surface area contributed by atoms with Crippen molar-refractivity contribution in [3.05, 3.63) is 40.2 Å². The highest BCUT2D eigenvalue weighted by molar-refractivity contribution is 7.89. The Balaban J connectivity index is 1.83. The summed E-state index contributed by atoms with van der Waals surface area (Å²) in [6, 6.07) is 6.10. The van der Waals surface area contributed by atoms with Crippen LogP contribution in [0.5, 0.6) is 5.88 Å². The number of aliphatic hydroxyl groups is 1. The number of aromatic hydroxyl groups is 1. The van der Waals surface area contributed by atoms with Crippen LogP contribution >= 0.6 is 0 Å². The number of hydrogen-bond acceptors (Lipinski definition) is 9. The molecule has 2 aromatic rings. The monoisotopic (exact) mass is 521 g/mol. The fourth-order valence-corrected chi connectivity index (χ4v) is 6.09. The molecule has 0 amide bonds. The Bertz CT molecular complexity index is 1220. The number of sulfonamides is 1. The molecule has 0 aliphatic heterocycles. The Hall–Kier alpha value is -2.80. The van der Waals surface area contributed by atoms with Crippen LogP contribution in [0.1, 0.15) is 44.6 Å². The molecule has 0 unspecified atom stereocenters. The first-order valence-electron chi connectivity index (χ1n) is 12.2. The number of rotatable bonds is 11. The number of aromatic nitrogens is 1. The first kappa shape index (κ1) is 27.8. The molecule has 1 fully saturated rings. The van der Waals surface area contributed by atoms with E-state index < -0.39 is 21.5 Å². The van der Waals surface area contributed by atoms with E-state index in [-0.39, 0.29) is 54.2 Å². The van der Waals surface area contributed by atoms with Crippen molar-refractivity contribution in [1.82, 2.24) is 8.87 Å². The lowest BCUT2D eigenvalue weighted by Crippen LogP contribution is -2.41. The van der Waals surface area contributed by atoms with Gasteiger partial charge >= 0.3 is 0 Å². The van der Waals surface area contributed by atoms with Gasteiger partial charge in [0.15, 0.2) is 5.69 Å². The lowest BCUT2D eigenvalue weighted by Gasteiger charge is -2.32. The van der Waals surface area contributed by atoms with Crippen LogP contribution in [0.2, 0.25) is 0 Å². The van der Waals surface area contributed by atoms with Gasteiger partial charge in [-0.1, -0.05) is 26.2 Å². The summed E-state index contributed by atoms with van der Waals surface area (Å²) >= 11 is 0. The maximum atomic E-state index is 13.2. The average molecular weight is 522 g/mol. The molecule has 1 aliphatic carbocycles. The predicted molar refractivity (Wildman–Crippen MR) is 136 cm³/mol. The van der Waals surface area contributed by atoms with Gasteiger partial charge in [0.2, 0.25) is 15.9 Å². The summed E-state index contributed by atoms with van der Waals surface area (Å²) in [6.45, 7) is 3.86. The molecule has 0 radical (unpaired) electrons. The molecule has 0 spiro atoms. The van der Waals surface area contributed by atoms with Crippen molar-refractivity contribution in [2.24, 2.45) is 10.2 Å². The summed E-state index contributed by atoms with van der Waals surface area (Å²) in [5, 5.41) is 27.7. The number of aliphatic hydroxyl groups excluding tert-OH is 1. The molecule has 36 heavy (non-hydrogen) atoms. The highest BCUT2D eigenvalue weighted by atomic mass is 32.2. The van der Waals surface area contributed by atoms with Gasteiger partial charge < -0.3 is 20.7 Å². The van der Waals surface area contributed by atoms with Crippen LogP contribution in [0.4, 0.5) is 17.1 Å². The molecule has 12 heteroatoms. The molecular weight excluding hydrogens is 486 g/mol. The zero-order chi connectivity index (χ0) is 26.3. The van der Waals surface area contributed by atoms with Crippen molar-refractivity contribution in [1.29, 1.82) is 0 Å². The molecule has 1 saturated carbocycles. The smallest absolute Gasteiger partial charge is 0.276 e. The number of nitrogen functional groups attached to an aromatic ring is 1. The normalized spacial score (nSPS) is 15.2. The van der Waals surface area contributed by atoms with Crippen LogP contribution in [0.25, 0.3) is 0 Å². The van der Waals surface area contributed by atoms with Gasteiger partial charge in [-0.15, -0.1) is 5.11 Å². The van der Waals surface area contributed by atoms with Gasteiger partial charge in [0.05, 0.1) is 36.9 Å². The molecular formula is C24H35N5O6S. The number of ether oxygens (including phenoxy) is 1. The second-order valence-electron chi connectivity index (χ2n) is 8.70. The summed E-state index contributed by atoms with van der Waals surface area (Å²) < 4.78 is 34.3. The van der Waals surface area contributed by atoms with Crippen molar-refractivity contribution >= 4 is 27.1 Å². The SMILES string of the molecule is CCN(C1CCCCC1)S(=O)(=O)c1ccc(/N=N/c2c(C)c(N)c(=O)n(CCOCCO)c2O)cc1. The first-order valence-corrected chi connectivity index (χ1v) is 13.6. The van der Waals surface area contributed by atoms with Crippen molar-refractivity contribution in [3.63, 3.8) is 0 Å². The summed E-state index contributed by atoms with van der Waals surface area (Å²) in [4.78, 5) is 12.7. The number of nitrogens with zero attached hydrogens (tertiary/aromatic N) is 4. The Kier molecular flexibility index (Phi) is 9.60. The number of anilines is 1. The molecule has 0 atom stereocenters. The van der Waals surface area contributed by atoms with Crippen molar-refractivity contribution in [2.75, 3.05) is 32.1 Å². The second kappa shape index (κ2) is 12.4. The molecule has 1 heterocycles. The number of nitrogens with two attached hydrogens (primary N) is 1.